The molecule has 0 aliphatic rings. The zero-order valence-electron chi connectivity index (χ0n) is 12.7. The highest BCUT2D eigenvalue weighted by atomic mass is 79.9. The zero-order valence-corrected chi connectivity index (χ0v) is 14.3. The SMILES string of the molecule is O=C(Nc1ccc(F)c(Oc2cccc(Br)c2)c1F)c1cccnc1. The number of carbonyl (C=O) groups excluding carboxylic acids is 1. The molecule has 25 heavy (non-hydrogen) atoms. The van der Waals surface area contributed by atoms with E-state index in [1.54, 1.807) is 30.3 Å². The minimum Gasteiger partial charge on any atom is -0.451 e. The van der Waals surface area contributed by atoms with E-state index in [2.05, 4.69) is 26.2 Å². The second-order valence-electron chi connectivity index (χ2n) is 4.99. The molecular formula is C18H11BrF2N2O2. The Morgan fingerprint density at radius 1 is 1.12 bits per heavy atom. The number of ether oxygens (including phenoxy) is 1. The largest absolute Gasteiger partial charge is 0.451 e. The maximum absolute atomic E-state index is 14.6. The van der Waals surface area contributed by atoms with Crippen LogP contribution in [0.2, 0.25) is 0 Å². The van der Waals surface area contributed by atoms with Crippen molar-refractivity contribution < 1.29 is 18.3 Å². The summed E-state index contributed by atoms with van der Waals surface area (Å²) in [7, 11) is 0. The molecule has 1 heterocycles. The second kappa shape index (κ2) is 7.40. The number of rotatable bonds is 4. The molecule has 126 valence electrons. The summed E-state index contributed by atoms with van der Waals surface area (Å²) in [4.78, 5) is 15.9. The van der Waals surface area contributed by atoms with Gasteiger partial charge in [-0.1, -0.05) is 22.0 Å². The van der Waals surface area contributed by atoms with Gasteiger partial charge >= 0.3 is 0 Å². The molecule has 0 unspecified atom stereocenters. The highest BCUT2D eigenvalue weighted by molar-refractivity contribution is 9.10. The van der Waals surface area contributed by atoms with Gasteiger partial charge in [0.25, 0.3) is 5.91 Å². The molecular weight excluding hydrogens is 394 g/mol. The van der Waals surface area contributed by atoms with E-state index >= 15 is 0 Å². The average Bonchev–Trinajstić information content (AvgIpc) is 2.62. The maximum Gasteiger partial charge on any atom is 0.257 e. The fourth-order valence-corrected chi connectivity index (χ4v) is 2.44. The van der Waals surface area contributed by atoms with E-state index in [-0.39, 0.29) is 17.0 Å². The van der Waals surface area contributed by atoms with Crippen molar-refractivity contribution in [2.75, 3.05) is 5.32 Å². The number of nitrogens with one attached hydrogen (secondary N) is 1. The normalized spacial score (nSPS) is 10.4. The smallest absolute Gasteiger partial charge is 0.257 e. The third kappa shape index (κ3) is 4.00. The molecule has 1 N–H and O–H groups in total. The lowest BCUT2D eigenvalue weighted by Gasteiger charge is -2.12. The Labute approximate surface area is 150 Å². The summed E-state index contributed by atoms with van der Waals surface area (Å²) in [6, 6.07) is 11.8. The molecule has 4 nitrogen and oxygen atoms in total. The number of halogens is 3. The number of hydrogen-bond donors (Lipinski definition) is 1. The number of pyridine rings is 1. The summed E-state index contributed by atoms with van der Waals surface area (Å²) < 4.78 is 34.6. The molecule has 0 bridgehead atoms. The number of amides is 1. The highest BCUT2D eigenvalue weighted by Crippen LogP contribution is 2.33. The van der Waals surface area contributed by atoms with Crippen molar-refractivity contribution in [2.24, 2.45) is 0 Å². The Hall–Kier alpha value is -2.80. The molecule has 0 aliphatic heterocycles. The molecule has 0 aliphatic carbocycles. The Morgan fingerprint density at radius 2 is 1.96 bits per heavy atom. The van der Waals surface area contributed by atoms with Gasteiger partial charge in [-0.2, -0.15) is 0 Å². The number of aromatic nitrogens is 1. The van der Waals surface area contributed by atoms with Crippen molar-refractivity contribution in [3.8, 4) is 11.5 Å². The minimum atomic E-state index is -1.00. The van der Waals surface area contributed by atoms with Gasteiger partial charge in [0.15, 0.2) is 11.6 Å². The van der Waals surface area contributed by atoms with Crippen LogP contribution >= 0.6 is 15.9 Å². The number of benzene rings is 2. The van der Waals surface area contributed by atoms with Crippen LogP contribution in [0.15, 0.2) is 65.4 Å². The van der Waals surface area contributed by atoms with Gasteiger partial charge in [-0.15, -0.1) is 0 Å². The van der Waals surface area contributed by atoms with Crippen molar-refractivity contribution in [1.82, 2.24) is 4.98 Å². The van der Waals surface area contributed by atoms with Gasteiger partial charge in [-0.25, -0.2) is 8.78 Å². The van der Waals surface area contributed by atoms with Gasteiger partial charge in [-0.05, 0) is 42.5 Å². The molecule has 0 saturated heterocycles. The molecule has 3 rings (SSSR count). The van der Waals surface area contributed by atoms with Crippen molar-refractivity contribution in [3.05, 3.63) is 82.6 Å². The van der Waals surface area contributed by atoms with Crippen LogP contribution < -0.4 is 10.1 Å². The number of carbonyl (C=O) groups is 1. The van der Waals surface area contributed by atoms with E-state index in [0.717, 1.165) is 12.1 Å². The Kier molecular flexibility index (Phi) is 5.04. The molecule has 2 aromatic carbocycles. The van der Waals surface area contributed by atoms with E-state index in [0.29, 0.717) is 4.47 Å². The second-order valence-corrected chi connectivity index (χ2v) is 5.91. The van der Waals surface area contributed by atoms with Gasteiger partial charge in [-0.3, -0.25) is 9.78 Å². The van der Waals surface area contributed by atoms with Gasteiger partial charge in [0.1, 0.15) is 5.75 Å². The number of nitrogens with zero attached hydrogens (tertiary/aromatic N) is 1. The number of anilines is 1. The minimum absolute atomic E-state index is 0.194. The van der Waals surface area contributed by atoms with Crippen LogP contribution in [-0.2, 0) is 0 Å². The molecule has 3 aromatic rings. The van der Waals surface area contributed by atoms with Crippen LogP contribution in [0.4, 0.5) is 14.5 Å². The van der Waals surface area contributed by atoms with Crippen molar-refractivity contribution in [2.45, 2.75) is 0 Å². The quantitative estimate of drug-likeness (QED) is 0.652. The third-order valence-electron chi connectivity index (χ3n) is 3.24. The lowest BCUT2D eigenvalue weighted by Crippen LogP contribution is -2.13. The van der Waals surface area contributed by atoms with E-state index in [1.165, 1.54) is 18.5 Å². The molecule has 0 atom stereocenters. The summed E-state index contributed by atoms with van der Waals surface area (Å²) in [6.45, 7) is 0. The average molecular weight is 405 g/mol. The van der Waals surface area contributed by atoms with Gasteiger partial charge < -0.3 is 10.1 Å². The first-order valence-electron chi connectivity index (χ1n) is 7.17. The highest BCUT2D eigenvalue weighted by Gasteiger charge is 2.18. The van der Waals surface area contributed by atoms with Gasteiger partial charge in [0, 0.05) is 16.9 Å². The monoisotopic (exact) mass is 404 g/mol. The van der Waals surface area contributed by atoms with Crippen LogP contribution in [0, 0.1) is 11.6 Å². The molecule has 7 heteroatoms. The standard InChI is InChI=1S/C18H11BrF2N2O2/c19-12-4-1-5-13(9-12)25-17-14(20)6-7-15(16(17)21)23-18(24)11-3-2-8-22-10-11/h1-10H,(H,23,24). The van der Waals surface area contributed by atoms with Crippen LogP contribution in [0.1, 0.15) is 10.4 Å². The Bertz CT molecular complexity index is 920. The first-order valence-corrected chi connectivity index (χ1v) is 7.96. The molecule has 0 saturated carbocycles. The zero-order chi connectivity index (χ0) is 17.8. The Morgan fingerprint density at radius 3 is 2.68 bits per heavy atom. The van der Waals surface area contributed by atoms with Crippen LogP contribution in [-0.4, -0.2) is 10.9 Å². The first-order chi connectivity index (χ1) is 12.0. The molecule has 1 aromatic heterocycles. The van der Waals surface area contributed by atoms with E-state index in [9.17, 15) is 13.6 Å². The summed E-state index contributed by atoms with van der Waals surface area (Å²) >= 11 is 3.26. The predicted molar refractivity (Wildman–Crippen MR) is 92.8 cm³/mol. The Balaban J connectivity index is 1.88. The van der Waals surface area contributed by atoms with Crippen molar-refractivity contribution >= 4 is 27.5 Å². The van der Waals surface area contributed by atoms with E-state index in [1.807, 2.05) is 0 Å². The summed E-state index contributed by atoms with van der Waals surface area (Å²) in [5.74, 6) is -2.79. The van der Waals surface area contributed by atoms with E-state index in [4.69, 9.17) is 4.74 Å². The van der Waals surface area contributed by atoms with Gasteiger partial charge in [0.2, 0.25) is 5.75 Å². The fourth-order valence-electron chi connectivity index (χ4n) is 2.06. The maximum atomic E-state index is 14.6. The number of hydrogen-bond acceptors (Lipinski definition) is 3. The molecule has 1 amide bonds. The lowest BCUT2D eigenvalue weighted by molar-refractivity contribution is 0.102. The van der Waals surface area contributed by atoms with Crippen LogP contribution in [0.3, 0.4) is 0 Å². The topological polar surface area (TPSA) is 51.2 Å². The van der Waals surface area contributed by atoms with Crippen molar-refractivity contribution in [3.63, 3.8) is 0 Å². The lowest BCUT2D eigenvalue weighted by atomic mass is 10.2. The fraction of sp³-hybridized carbons (Fsp3) is 0. The summed E-state index contributed by atoms with van der Waals surface area (Å²) in [6.07, 6.45) is 2.86. The molecule has 0 spiro atoms. The van der Waals surface area contributed by atoms with Crippen LogP contribution in [0.25, 0.3) is 0 Å². The first kappa shape index (κ1) is 17.0. The molecule has 0 radical (unpaired) electrons. The molecule has 0 fully saturated rings. The van der Waals surface area contributed by atoms with E-state index < -0.39 is 23.3 Å². The summed E-state index contributed by atoms with van der Waals surface area (Å²) in [5, 5.41) is 2.38. The van der Waals surface area contributed by atoms with Crippen LogP contribution in [0.5, 0.6) is 11.5 Å². The van der Waals surface area contributed by atoms with Gasteiger partial charge in [0.05, 0.1) is 11.3 Å². The predicted octanol–water partition coefficient (Wildman–Crippen LogP) is 5.17. The third-order valence-corrected chi connectivity index (χ3v) is 3.73. The summed E-state index contributed by atoms with van der Waals surface area (Å²) in [5.41, 5.74) is 0.0564. The van der Waals surface area contributed by atoms with Crippen molar-refractivity contribution in [1.29, 1.82) is 0 Å².